The SMILES string of the molecule is CCC(C)=C(C(=O)C1COc2ccc(F)cc2C1)c1ccc(/C(C=N)=C/N)cc1NCCO. The quantitative estimate of drug-likeness (QED) is 0.338. The summed E-state index contributed by atoms with van der Waals surface area (Å²) in [6.45, 7) is 4.37. The van der Waals surface area contributed by atoms with Gasteiger partial charge in [-0.05, 0) is 55.2 Å². The molecule has 1 atom stereocenters. The summed E-state index contributed by atoms with van der Waals surface area (Å²) in [7, 11) is 0. The number of aliphatic hydroxyl groups excluding tert-OH is 1. The number of nitrogens with two attached hydrogens (primary N) is 1. The van der Waals surface area contributed by atoms with E-state index in [1.165, 1.54) is 24.5 Å². The van der Waals surface area contributed by atoms with Crippen LogP contribution in [0.5, 0.6) is 5.75 Å². The molecule has 7 heteroatoms. The zero-order valence-corrected chi connectivity index (χ0v) is 19.0. The van der Waals surface area contributed by atoms with Crippen molar-refractivity contribution in [3.63, 3.8) is 0 Å². The van der Waals surface area contributed by atoms with Gasteiger partial charge < -0.3 is 26.3 Å². The molecule has 1 aliphatic heterocycles. The Kier molecular flexibility index (Phi) is 8.01. The molecule has 0 aromatic heterocycles. The Morgan fingerprint density at radius 2 is 2.12 bits per heavy atom. The van der Waals surface area contributed by atoms with Crippen molar-refractivity contribution < 1.29 is 19.0 Å². The van der Waals surface area contributed by atoms with Crippen LogP contribution in [0.4, 0.5) is 10.1 Å². The molecule has 6 nitrogen and oxygen atoms in total. The fourth-order valence-electron chi connectivity index (χ4n) is 3.99. The summed E-state index contributed by atoms with van der Waals surface area (Å²) in [6.07, 6.45) is 3.60. The maximum absolute atomic E-state index is 13.8. The van der Waals surface area contributed by atoms with Gasteiger partial charge in [0.2, 0.25) is 0 Å². The largest absolute Gasteiger partial charge is 0.493 e. The third-order valence-electron chi connectivity index (χ3n) is 5.89. The van der Waals surface area contributed by atoms with Gasteiger partial charge in [-0.15, -0.1) is 0 Å². The van der Waals surface area contributed by atoms with Crippen LogP contribution in [0.15, 0.2) is 48.2 Å². The number of fused-ring (bicyclic) bond motifs is 1. The molecule has 0 bridgehead atoms. The summed E-state index contributed by atoms with van der Waals surface area (Å²) in [4.78, 5) is 13.8. The van der Waals surface area contributed by atoms with Crippen molar-refractivity contribution >= 4 is 28.8 Å². The topological polar surface area (TPSA) is 108 Å². The first kappa shape index (κ1) is 24.2. The molecule has 2 aromatic rings. The van der Waals surface area contributed by atoms with Gasteiger partial charge in [0.15, 0.2) is 5.78 Å². The number of nitrogens with one attached hydrogen (secondary N) is 2. The van der Waals surface area contributed by atoms with Gasteiger partial charge in [0.25, 0.3) is 0 Å². The van der Waals surface area contributed by atoms with Crippen molar-refractivity contribution in [3.05, 3.63) is 70.7 Å². The van der Waals surface area contributed by atoms with Crippen LogP contribution in [0.2, 0.25) is 0 Å². The molecule has 2 aromatic carbocycles. The number of halogens is 1. The van der Waals surface area contributed by atoms with Gasteiger partial charge in [-0.3, -0.25) is 4.79 Å². The second-order valence-corrected chi connectivity index (χ2v) is 8.01. The molecule has 1 unspecified atom stereocenters. The standard InChI is InChI=1S/C26H30FN3O3/c1-3-16(2)25(26(32)19-10-18-11-21(27)5-7-24(18)33-15-19)22-6-4-17(20(13-28)14-29)12-23(22)30-8-9-31/h4-7,11-14,19,28,30-31H,3,8-10,15,29H2,1-2H3/b20-14+,25-16?,28-13?. The first-order chi connectivity index (χ1) is 15.9. The number of anilines is 1. The van der Waals surface area contributed by atoms with Crippen LogP contribution < -0.4 is 15.8 Å². The number of hydrogen-bond donors (Lipinski definition) is 4. The second kappa shape index (κ2) is 10.9. The number of carbonyl (C=O) groups excluding carboxylic acids is 1. The van der Waals surface area contributed by atoms with Crippen LogP contribution in [0.1, 0.15) is 37.0 Å². The van der Waals surface area contributed by atoms with E-state index in [1.54, 1.807) is 6.07 Å². The van der Waals surface area contributed by atoms with Gasteiger partial charge in [0, 0.05) is 41.4 Å². The normalized spacial score (nSPS) is 16.4. The number of ether oxygens (including phenoxy) is 1. The van der Waals surface area contributed by atoms with E-state index in [1.807, 2.05) is 32.0 Å². The van der Waals surface area contributed by atoms with Gasteiger partial charge in [0.1, 0.15) is 11.6 Å². The molecular weight excluding hydrogens is 421 g/mol. The molecule has 5 N–H and O–H groups in total. The number of aliphatic hydroxyl groups is 1. The number of allylic oxidation sites excluding steroid dienone is 3. The van der Waals surface area contributed by atoms with Gasteiger partial charge in [-0.25, -0.2) is 4.39 Å². The van der Waals surface area contributed by atoms with Crippen LogP contribution in [0.25, 0.3) is 11.1 Å². The van der Waals surface area contributed by atoms with Gasteiger partial charge >= 0.3 is 0 Å². The van der Waals surface area contributed by atoms with Crippen molar-refractivity contribution in [2.45, 2.75) is 26.7 Å². The molecule has 0 saturated heterocycles. The summed E-state index contributed by atoms with van der Waals surface area (Å²) >= 11 is 0. The summed E-state index contributed by atoms with van der Waals surface area (Å²) in [5, 5.41) is 20.1. The molecule has 0 radical (unpaired) electrons. The maximum Gasteiger partial charge on any atom is 0.170 e. The molecule has 0 fully saturated rings. The third-order valence-corrected chi connectivity index (χ3v) is 5.89. The first-order valence-electron chi connectivity index (χ1n) is 11.0. The third kappa shape index (κ3) is 5.31. The Morgan fingerprint density at radius 3 is 2.79 bits per heavy atom. The van der Waals surface area contributed by atoms with Crippen molar-refractivity contribution in [3.8, 4) is 5.75 Å². The van der Waals surface area contributed by atoms with E-state index in [9.17, 15) is 14.3 Å². The monoisotopic (exact) mass is 451 g/mol. The average Bonchev–Trinajstić information content (AvgIpc) is 2.83. The van der Waals surface area contributed by atoms with E-state index < -0.39 is 5.92 Å². The van der Waals surface area contributed by atoms with Crippen molar-refractivity contribution in [2.75, 3.05) is 25.1 Å². The summed E-state index contributed by atoms with van der Waals surface area (Å²) in [5.74, 6) is -0.250. The lowest BCUT2D eigenvalue weighted by Gasteiger charge is -2.27. The number of rotatable bonds is 9. The fourth-order valence-corrected chi connectivity index (χ4v) is 3.99. The number of Topliss-reactive ketones (excluding diaryl/α,β-unsaturated/α-hetero) is 1. The summed E-state index contributed by atoms with van der Waals surface area (Å²) < 4.78 is 19.5. The molecule has 0 amide bonds. The molecular formula is C26H30FN3O3. The highest BCUT2D eigenvalue weighted by Crippen LogP contribution is 2.36. The molecule has 174 valence electrons. The van der Waals surface area contributed by atoms with Crippen LogP contribution in [0.3, 0.4) is 0 Å². The number of benzene rings is 2. The number of carbonyl (C=O) groups is 1. The lowest BCUT2D eigenvalue weighted by Crippen LogP contribution is -2.29. The highest BCUT2D eigenvalue weighted by atomic mass is 19.1. The highest BCUT2D eigenvalue weighted by molar-refractivity contribution is 6.24. The zero-order valence-electron chi connectivity index (χ0n) is 19.0. The van der Waals surface area contributed by atoms with Crippen LogP contribution in [-0.4, -0.2) is 36.9 Å². The fraction of sp³-hybridized carbons (Fsp3) is 0.308. The Balaban J connectivity index is 2.04. The predicted octanol–water partition coefficient (Wildman–Crippen LogP) is 4.18. The van der Waals surface area contributed by atoms with E-state index >= 15 is 0 Å². The van der Waals surface area contributed by atoms with Gasteiger partial charge in [-0.1, -0.05) is 24.6 Å². The van der Waals surface area contributed by atoms with Crippen LogP contribution in [-0.2, 0) is 11.2 Å². The Morgan fingerprint density at radius 1 is 1.33 bits per heavy atom. The number of hydrogen-bond acceptors (Lipinski definition) is 6. The Bertz CT molecular complexity index is 1110. The summed E-state index contributed by atoms with van der Waals surface area (Å²) in [5.41, 5.74) is 10.5. The Hall–Kier alpha value is -3.45. The number of ketones is 1. The molecule has 0 aliphatic carbocycles. The molecule has 0 saturated carbocycles. The van der Waals surface area contributed by atoms with Crippen molar-refractivity contribution in [1.29, 1.82) is 5.41 Å². The van der Waals surface area contributed by atoms with E-state index in [-0.39, 0.29) is 24.8 Å². The minimum Gasteiger partial charge on any atom is -0.493 e. The smallest absolute Gasteiger partial charge is 0.170 e. The second-order valence-electron chi connectivity index (χ2n) is 8.01. The van der Waals surface area contributed by atoms with E-state index in [0.29, 0.717) is 53.1 Å². The molecule has 1 heterocycles. The van der Waals surface area contributed by atoms with Crippen molar-refractivity contribution in [1.82, 2.24) is 0 Å². The minimum absolute atomic E-state index is 0.0642. The molecule has 0 spiro atoms. The van der Waals surface area contributed by atoms with E-state index in [4.69, 9.17) is 15.9 Å². The molecule has 1 aliphatic rings. The minimum atomic E-state index is -0.442. The van der Waals surface area contributed by atoms with Gasteiger partial charge in [-0.2, -0.15) is 0 Å². The lowest BCUT2D eigenvalue weighted by molar-refractivity contribution is -0.118. The van der Waals surface area contributed by atoms with Crippen LogP contribution in [0, 0.1) is 17.1 Å². The highest BCUT2D eigenvalue weighted by Gasteiger charge is 2.31. The summed E-state index contributed by atoms with van der Waals surface area (Å²) in [6, 6.07) is 9.86. The van der Waals surface area contributed by atoms with E-state index in [0.717, 1.165) is 11.1 Å². The first-order valence-corrected chi connectivity index (χ1v) is 11.0. The Labute approximate surface area is 193 Å². The molecule has 3 rings (SSSR count). The van der Waals surface area contributed by atoms with Crippen molar-refractivity contribution in [2.24, 2.45) is 11.7 Å². The zero-order chi connectivity index (χ0) is 24.0. The average molecular weight is 452 g/mol. The lowest BCUT2D eigenvalue weighted by atomic mass is 9.83. The van der Waals surface area contributed by atoms with Crippen LogP contribution >= 0.6 is 0 Å². The van der Waals surface area contributed by atoms with E-state index in [2.05, 4.69) is 5.32 Å². The molecule has 33 heavy (non-hydrogen) atoms. The van der Waals surface area contributed by atoms with Gasteiger partial charge in [0.05, 0.1) is 19.1 Å². The predicted molar refractivity (Wildman–Crippen MR) is 130 cm³/mol. The maximum atomic E-state index is 13.8.